The fourth-order valence-corrected chi connectivity index (χ4v) is 3.11. The number of carbonyl (C=O) groups excluding carboxylic acids is 1. The highest BCUT2D eigenvalue weighted by atomic mass is 16.5. The molecule has 1 saturated carbocycles. The smallest absolute Gasteiger partial charge is 0.262 e. The Morgan fingerprint density at radius 3 is 2.67 bits per heavy atom. The molecule has 1 N–H and O–H groups in total. The largest absolute Gasteiger partial charge is 0.493 e. The molecule has 1 aromatic rings. The van der Waals surface area contributed by atoms with Crippen molar-refractivity contribution in [3.05, 3.63) is 29.3 Å². The molecule has 1 aromatic carbocycles. The molecule has 5 heteroatoms. The summed E-state index contributed by atoms with van der Waals surface area (Å²) in [4.78, 5) is 12.5. The number of amides is 1. The van der Waals surface area contributed by atoms with Crippen LogP contribution in [0.3, 0.4) is 0 Å². The molecule has 1 fully saturated rings. The number of hydrogen-bond donors (Lipinski definition) is 1. The third-order valence-electron chi connectivity index (χ3n) is 4.53. The predicted octanol–water partition coefficient (Wildman–Crippen LogP) is 3.31. The van der Waals surface area contributed by atoms with Gasteiger partial charge in [0.05, 0.1) is 14.2 Å². The summed E-state index contributed by atoms with van der Waals surface area (Å²) < 4.78 is 10.6. The molecule has 2 rings (SSSR count). The van der Waals surface area contributed by atoms with E-state index >= 15 is 0 Å². The summed E-state index contributed by atoms with van der Waals surface area (Å²) in [5.41, 5.74) is 0.708. The van der Waals surface area contributed by atoms with Crippen LogP contribution in [-0.4, -0.2) is 26.2 Å². The quantitative estimate of drug-likeness (QED) is 0.665. The van der Waals surface area contributed by atoms with Crippen molar-refractivity contribution >= 4 is 12.0 Å². The third-order valence-corrected chi connectivity index (χ3v) is 4.53. The van der Waals surface area contributed by atoms with E-state index in [0.717, 1.165) is 19.3 Å². The van der Waals surface area contributed by atoms with Crippen LogP contribution in [0.2, 0.25) is 0 Å². The van der Waals surface area contributed by atoms with Gasteiger partial charge in [-0.2, -0.15) is 5.26 Å². The second-order valence-corrected chi connectivity index (χ2v) is 6.09. The fraction of sp³-hybridized carbons (Fsp3) is 0.474. The van der Waals surface area contributed by atoms with Gasteiger partial charge in [0, 0.05) is 11.6 Å². The van der Waals surface area contributed by atoms with Gasteiger partial charge >= 0.3 is 0 Å². The molecule has 0 aliphatic heterocycles. The van der Waals surface area contributed by atoms with E-state index in [2.05, 4.69) is 12.2 Å². The van der Waals surface area contributed by atoms with Crippen LogP contribution in [0.25, 0.3) is 6.08 Å². The lowest BCUT2D eigenvalue weighted by Gasteiger charge is -2.29. The summed E-state index contributed by atoms with van der Waals surface area (Å²) in [5, 5.41) is 12.4. The van der Waals surface area contributed by atoms with Gasteiger partial charge in [0.25, 0.3) is 5.91 Å². The minimum absolute atomic E-state index is 0.0688. The molecule has 0 saturated heterocycles. The highest BCUT2D eigenvalue weighted by Crippen LogP contribution is 2.32. The van der Waals surface area contributed by atoms with Gasteiger partial charge in [-0.15, -0.1) is 0 Å². The van der Waals surface area contributed by atoms with Gasteiger partial charge in [0.1, 0.15) is 11.6 Å². The number of methoxy groups -OCH3 is 2. The zero-order chi connectivity index (χ0) is 17.5. The van der Waals surface area contributed by atoms with Crippen LogP contribution in [0.5, 0.6) is 11.5 Å². The minimum Gasteiger partial charge on any atom is -0.493 e. The summed E-state index contributed by atoms with van der Waals surface area (Å²) >= 11 is 0. The molecule has 0 spiro atoms. The van der Waals surface area contributed by atoms with Gasteiger partial charge in [0.2, 0.25) is 0 Å². The Labute approximate surface area is 143 Å². The van der Waals surface area contributed by atoms with Gasteiger partial charge in [-0.1, -0.05) is 31.9 Å². The first kappa shape index (κ1) is 17.9. The zero-order valence-electron chi connectivity index (χ0n) is 14.5. The molecule has 24 heavy (non-hydrogen) atoms. The average Bonchev–Trinajstić information content (AvgIpc) is 2.60. The van der Waals surface area contributed by atoms with Crippen LogP contribution in [-0.2, 0) is 4.79 Å². The number of nitriles is 1. The molecule has 1 aliphatic rings. The Balaban J connectivity index is 2.23. The number of ether oxygens (including phenoxy) is 2. The topological polar surface area (TPSA) is 71.3 Å². The Morgan fingerprint density at radius 2 is 2.04 bits per heavy atom. The molecule has 0 radical (unpaired) electrons. The maximum absolute atomic E-state index is 12.5. The molecule has 5 nitrogen and oxygen atoms in total. The fourth-order valence-electron chi connectivity index (χ4n) is 3.11. The number of hydrogen-bond acceptors (Lipinski definition) is 4. The van der Waals surface area contributed by atoms with E-state index in [1.54, 1.807) is 31.4 Å². The number of rotatable bonds is 5. The molecule has 0 aromatic heterocycles. The highest BCUT2D eigenvalue weighted by molar-refractivity contribution is 6.02. The Hall–Kier alpha value is -2.48. The Morgan fingerprint density at radius 1 is 1.29 bits per heavy atom. The maximum Gasteiger partial charge on any atom is 0.262 e. The molecular weight excluding hydrogens is 304 g/mol. The van der Waals surface area contributed by atoms with Crippen molar-refractivity contribution < 1.29 is 14.3 Å². The standard InChI is InChI=1S/C19H24N2O3/c1-13-7-4-5-9-16(13)21-19(22)15(12-20)11-14-8-6-10-17(23-2)18(14)24-3/h6,8,10-11,13,16H,4-5,7,9H2,1-3H3,(H,21,22)/b15-11+/t13-,16+/m1/s1. The first-order chi connectivity index (χ1) is 11.6. The number of nitrogens with one attached hydrogen (secondary N) is 1. The van der Waals surface area contributed by atoms with Crippen molar-refractivity contribution in [1.29, 1.82) is 5.26 Å². The van der Waals surface area contributed by atoms with Gasteiger partial charge in [-0.05, 0) is 30.9 Å². The summed E-state index contributed by atoms with van der Waals surface area (Å²) in [6.07, 6.45) is 5.94. The Kier molecular flexibility index (Phi) is 6.25. The van der Waals surface area contributed by atoms with E-state index in [0.29, 0.717) is 23.0 Å². The normalized spacial score (nSPS) is 20.8. The van der Waals surface area contributed by atoms with Crippen LogP contribution < -0.4 is 14.8 Å². The van der Waals surface area contributed by atoms with E-state index in [1.807, 2.05) is 6.07 Å². The lowest BCUT2D eigenvalue weighted by Crippen LogP contribution is -2.41. The summed E-state index contributed by atoms with van der Waals surface area (Å²) in [6.45, 7) is 2.14. The van der Waals surface area contributed by atoms with Crippen molar-refractivity contribution in [3.63, 3.8) is 0 Å². The highest BCUT2D eigenvalue weighted by Gasteiger charge is 2.24. The minimum atomic E-state index is -0.332. The van der Waals surface area contributed by atoms with Crippen LogP contribution in [0, 0.1) is 17.2 Å². The van der Waals surface area contributed by atoms with Gasteiger partial charge in [-0.25, -0.2) is 0 Å². The molecular formula is C19H24N2O3. The van der Waals surface area contributed by atoms with Crippen LogP contribution in [0.15, 0.2) is 23.8 Å². The lowest BCUT2D eigenvalue weighted by molar-refractivity contribution is -0.118. The lowest BCUT2D eigenvalue weighted by atomic mass is 9.86. The predicted molar refractivity (Wildman–Crippen MR) is 92.7 cm³/mol. The SMILES string of the molecule is COc1cccc(/C=C(\C#N)C(=O)N[C@H]2CCCC[C@H]2C)c1OC. The molecule has 0 unspecified atom stereocenters. The average molecular weight is 328 g/mol. The van der Waals surface area contributed by atoms with Crippen molar-refractivity contribution in [2.24, 2.45) is 5.92 Å². The maximum atomic E-state index is 12.5. The molecule has 1 amide bonds. The third kappa shape index (κ3) is 4.08. The molecule has 1 aliphatic carbocycles. The van der Waals surface area contributed by atoms with Gasteiger partial charge < -0.3 is 14.8 Å². The van der Waals surface area contributed by atoms with Crippen LogP contribution in [0.4, 0.5) is 0 Å². The summed E-state index contributed by atoms with van der Waals surface area (Å²) in [7, 11) is 3.08. The second kappa shape index (κ2) is 8.39. The van der Waals surface area contributed by atoms with Crippen molar-refractivity contribution in [1.82, 2.24) is 5.32 Å². The van der Waals surface area contributed by atoms with Crippen molar-refractivity contribution in [2.45, 2.75) is 38.6 Å². The number of nitrogens with zero attached hydrogens (tertiary/aromatic N) is 1. The van der Waals surface area contributed by atoms with Crippen molar-refractivity contribution in [3.8, 4) is 17.6 Å². The Bertz CT molecular complexity index is 661. The van der Waals surface area contributed by atoms with Gasteiger partial charge in [-0.3, -0.25) is 4.79 Å². The van der Waals surface area contributed by atoms with E-state index in [4.69, 9.17) is 9.47 Å². The molecule has 0 bridgehead atoms. The number of benzene rings is 1. The number of carbonyl (C=O) groups is 1. The number of para-hydroxylation sites is 1. The first-order valence-electron chi connectivity index (χ1n) is 8.24. The van der Waals surface area contributed by atoms with Gasteiger partial charge in [0.15, 0.2) is 11.5 Å². The van der Waals surface area contributed by atoms with E-state index in [9.17, 15) is 10.1 Å². The monoisotopic (exact) mass is 328 g/mol. The zero-order valence-corrected chi connectivity index (χ0v) is 14.5. The van der Waals surface area contributed by atoms with Crippen molar-refractivity contribution in [2.75, 3.05) is 14.2 Å². The van der Waals surface area contributed by atoms with Crippen LogP contribution in [0.1, 0.15) is 38.2 Å². The summed E-state index contributed by atoms with van der Waals surface area (Å²) in [5.74, 6) is 1.17. The molecule has 128 valence electrons. The second-order valence-electron chi connectivity index (χ2n) is 6.09. The first-order valence-corrected chi connectivity index (χ1v) is 8.24. The summed E-state index contributed by atoms with van der Waals surface area (Å²) in [6, 6.07) is 7.48. The molecule has 0 heterocycles. The van der Waals surface area contributed by atoms with E-state index in [-0.39, 0.29) is 17.5 Å². The van der Waals surface area contributed by atoms with E-state index < -0.39 is 0 Å². The molecule has 2 atom stereocenters. The van der Waals surface area contributed by atoms with E-state index in [1.165, 1.54) is 13.5 Å². The van der Waals surface area contributed by atoms with Crippen LogP contribution >= 0.6 is 0 Å².